The minimum absolute atomic E-state index is 0.0401. The highest BCUT2D eigenvalue weighted by molar-refractivity contribution is 8.02. The predicted molar refractivity (Wildman–Crippen MR) is 137 cm³/mol. The molecular formula is C27H23N3O3S2. The van der Waals surface area contributed by atoms with Crippen LogP contribution in [0, 0.1) is 0 Å². The first kappa shape index (κ1) is 23.4. The molecule has 2 N–H and O–H groups in total. The summed E-state index contributed by atoms with van der Waals surface area (Å²) in [4.78, 5) is 31.4. The van der Waals surface area contributed by atoms with Crippen LogP contribution in [0.2, 0.25) is 0 Å². The van der Waals surface area contributed by atoms with Crippen molar-refractivity contribution in [3.05, 3.63) is 119 Å². The number of hydrogen-bond donors (Lipinski definition) is 1. The first-order chi connectivity index (χ1) is 17.1. The maximum Gasteiger partial charge on any atom is 0.255 e. The van der Waals surface area contributed by atoms with Crippen molar-refractivity contribution in [2.45, 2.75) is 21.6 Å². The summed E-state index contributed by atoms with van der Waals surface area (Å²) in [5, 5.41) is 13.6. The number of hydrogen-bond acceptors (Lipinski definition) is 6. The number of allylic oxidation sites excluding steroid dienone is 1. The molecule has 0 saturated carbocycles. The number of carbonyl (C=O) groups is 2. The number of fused-ring (bicyclic) bond motifs is 1. The molecule has 0 radical (unpaired) electrons. The third-order valence-electron chi connectivity index (χ3n) is 6.07. The van der Waals surface area contributed by atoms with Crippen LogP contribution in [0.1, 0.15) is 16.4 Å². The van der Waals surface area contributed by atoms with Crippen LogP contribution in [0.25, 0.3) is 0 Å². The van der Waals surface area contributed by atoms with E-state index < -0.39 is 28.3 Å². The summed E-state index contributed by atoms with van der Waals surface area (Å²) < 4.78 is 0. The van der Waals surface area contributed by atoms with Crippen molar-refractivity contribution in [2.75, 3.05) is 5.75 Å². The minimum atomic E-state index is -1.36. The number of nitrogens with zero attached hydrogens (tertiary/aromatic N) is 2. The van der Waals surface area contributed by atoms with E-state index in [-0.39, 0.29) is 16.9 Å². The van der Waals surface area contributed by atoms with Crippen LogP contribution in [0.3, 0.4) is 0 Å². The van der Waals surface area contributed by atoms with Gasteiger partial charge in [0.1, 0.15) is 5.75 Å². The highest BCUT2D eigenvalue weighted by atomic mass is 32.2. The van der Waals surface area contributed by atoms with Crippen LogP contribution in [0.4, 0.5) is 0 Å². The topological polar surface area (TPSA) is 99.4 Å². The molecule has 3 atom stereocenters. The summed E-state index contributed by atoms with van der Waals surface area (Å²) in [5.74, 6) is -1.26. The number of amides is 1. The lowest BCUT2D eigenvalue weighted by Crippen LogP contribution is -2.74. The van der Waals surface area contributed by atoms with Gasteiger partial charge in [0.25, 0.3) is 5.91 Å². The van der Waals surface area contributed by atoms with Gasteiger partial charge >= 0.3 is 0 Å². The molecule has 6 nitrogen and oxygen atoms in total. The molecule has 3 heterocycles. The number of thioether (sulfide) groups is 1. The second-order valence-corrected chi connectivity index (χ2v) is 11.4. The van der Waals surface area contributed by atoms with Gasteiger partial charge in [-0.25, -0.2) is 0 Å². The molecule has 2 aliphatic heterocycles. The Morgan fingerprint density at radius 1 is 1.09 bits per heavy atom. The molecule has 35 heavy (non-hydrogen) atoms. The van der Waals surface area contributed by atoms with Gasteiger partial charge in [0, 0.05) is 44.9 Å². The van der Waals surface area contributed by atoms with Crippen molar-refractivity contribution in [1.82, 2.24) is 9.88 Å². The number of carbonyl (C=O) groups excluding carboxylic acids is 2. The summed E-state index contributed by atoms with van der Waals surface area (Å²) >= 11 is 1.44. The molecule has 2 unspecified atom stereocenters. The van der Waals surface area contributed by atoms with Crippen molar-refractivity contribution in [2.24, 2.45) is 5.73 Å². The molecule has 1 saturated heterocycles. The molecule has 2 aliphatic rings. The number of aliphatic carboxylic acids is 1. The van der Waals surface area contributed by atoms with Crippen molar-refractivity contribution in [3.63, 3.8) is 0 Å². The molecule has 1 fully saturated rings. The Kier molecular flexibility index (Phi) is 6.77. The molecule has 0 spiro atoms. The van der Waals surface area contributed by atoms with E-state index >= 15 is 0 Å². The lowest BCUT2D eigenvalue weighted by molar-refractivity contribution is -0.301. The van der Waals surface area contributed by atoms with Crippen molar-refractivity contribution < 1.29 is 14.7 Å². The second kappa shape index (κ2) is 10.1. The van der Waals surface area contributed by atoms with Gasteiger partial charge in [-0.15, -0.1) is 0 Å². The van der Waals surface area contributed by atoms with E-state index in [1.807, 2.05) is 53.9 Å². The number of pyridine rings is 1. The number of β-lactam (4-membered cyclic amide) rings is 1. The molecule has 3 aromatic rings. The first-order valence-corrected chi connectivity index (χ1v) is 13.5. The Balaban J connectivity index is 1.57. The molecule has 1 amide bonds. The van der Waals surface area contributed by atoms with Gasteiger partial charge in [-0.2, -0.15) is 0 Å². The van der Waals surface area contributed by atoms with Gasteiger partial charge in [-0.1, -0.05) is 72.4 Å². The number of nitrogens with two attached hydrogens (primary N) is 1. The zero-order chi connectivity index (χ0) is 24.4. The Hall–Kier alpha value is -3.33. The summed E-state index contributed by atoms with van der Waals surface area (Å²) in [7, 11) is -0.480. The molecule has 2 aromatic carbocycles. The molecule has 8 heteroatoms. The number of benzene rings is 2. The minimum Gasteiger partial charge on any atom is -0.543 e. The van der Waals surface area contributed by atoms with E-state index in [0.29, 0.717) is 11.3 Å². The molecule has 0 bridgehead atoms. The Morgan fingerprint density at radius 2 is 1.74 bits per heavy atom. The van der Waals surface area contributed by atoms with Gasteiger partial charge in [-0.3, -0.25) is 14.7 Å². The first-order valence-electron chi connectivity index (χ1n) is 11.1. The summed E-state index contributed by atoms with van der Waals surface area (Å²) in [5.41, 5.74) is 9.01. The summed E-state index contributed by atoms with van der Waals surface area (Å²) in [6.07, 6.45) is 5.22. The van der Waals surface area contributed by atoms with Gasteiger partial charge < -0.3 is 15.6 Å². The Labute approximate surface area is 210 Å². The van der Waals surface area contributed by atoms with Crippen molar-refractivity contribution in [1.29, 1.82) is 0 Å². The average Bonchev–Trinajstić information content (AvgIpc) is 2.89. The Bertz CT molecular complexity index is 1240. The molecule has 0 aliphatic carbocycles. The highest BCUT2D eigenvalue weighted by Gasteiger charge is 2.62. The highest BCUT2D eigenvalue weighted by Crippen LogP contribution is 2.45. The Morgan fingerprint density at radius 3 is 2.31 bits per heavy atom. The molecule has 176 valence electrons. The fourth-order valence-electron chi connectivity index (χ4n) is 4.52. The van der Waals surface area contributed by atoms with Gasteiger partial charge in [0.15, 0.2) is 11.3 Å². The number of carboxylic acid groups (broad SMARTS) is 1. The lowest BCUT2D eigenvalue weighted by atomic mass is 10.0. The van der Waals surface area contributed by atoms with Crippen LogP contribution < -0.4 is 10.8 Å². The van der Waals surface area contributed by atoms with E-state index in [2.05, 4.69) is 29.2 Å². The predicted octanol–water partition coefficient (Wildman–Crippen LogP) is 2.61. The van der Waals surface area contributed by atoms with E-state index in [4.69, 9.17) is 5.73 Å². The smallest absolute Gasteiger partial charge is 0.255 e. The molecule has 5 rings (SSSR count). The summed E-state index contributed by atoms with van der Waals surface area (Å²) in [6.45, 7) is 0. The SMILES string of the molecule is NC1C(=O)N2C(C(=O)[O-])=C(C=CSc3cccnc3)C[S+](C(c3ccccc3)c3ccccc3)[C@H]12. The van der Waals surface area contributed by atoms with Crippen LogP contribution in [-0.4, -0.2) is 38.9 Å². The largest absolute Gasteiger partial charge is 0.543 e. The third kappa shape index (κ3) is 4.52. The number of carboxylic acids is 1. The fraction of sp³-hybridized carbons (Fsp3) is 0.148. The quantitative estimate of drug-likeness (QED) is 0.304. The summed E-state index contributed by atoms with van der Waals surface area (Å²) in [6, 6.07) is 23.3. The lowest BCUT2D eigenvalue weighted by Gasteiger charge is -2.49. The van der Waals surface area contributed by atoms with E-state index in [1.54, 1.807) is 18.5 Å². The number of rotatable bonds is 7. The zero-order valence-corrected chi connectivity index (χ0v) is 20.3. The maximum absolute atomic E-state index is 12.8. The number of aromatic nitrogens is 1. The van der Waals surface area contributed by atoms with Gasteiger partial charge in [0.2, 0.25) is 5.37 Å². The third-order valence-corrected chi connectivity index (χ3v) is 9.77. The second-order valence-electron chi connectivity index (χ2n) is 8.21. The van der Waals surface area contributed by atoms with Crippen LogP contribution in [0.5, 0.6) is 0 Å². The van der Waals surface area contributed by atoms with Crippen LogP contribution in [0.15, 0.2) is 113 Å². The standard InChI is InChI=1S/C27H23N3O3S2/c28-22-25(31)30-23(27(32)33)20(13-15-34-21-12-7-14-29-16-21)17-35(26(22)30)24(18-8-3-1-4-9-18)19-10-5-2-6-11-19/h1-16,22,24,26H,17,28H2/t22?,26-,35?/m1/s1. The van der Waals surface area contributed by atoms with E-state index in [1.165, 1.54) is 16.7 Å². The van der Waals surface area contributed by atoms with E-state index in [9.17, 15) is 14.7 Å². The van der Waals surface area contributed by atoms with Gasteiger partial charge in [0.05, 0.1) is 11.7 Å². The fourth-order valence-corrected chi connectivity index (χ4v) is 8.39. The monoisotopic (exact) mass is 501 g/mol. The van der Waals surface area contributed by atoms with Crippen LogP contribution >= 0.6 is 11.8 Å². The normalized spacial score (nSPS) is 21.8. The maximum atomic E-state index is 12.8. The van der Waals surface area contributed by atoms with Crippen molar-refractivity contribution in [3.8, 4) is 0 Å². The van der Waals surface area contributed by atoms with E-state index in [0.717, 1.165) is 16.0 Å². The van der Waals surface area contributed by atoms with Crippen LogP contribution in [-0.2, 0) is 20.5 Å². The molecular weight excluding hydrogens is 478 g/mol. The average molecular weight is 502 g/mol. The molecule has 1 aromatic heterocycles. The zero-order valence-electron chi connectivity index (χ0n) is 18.7. The van der Waals surface area contributed by atoms with Gasteiger partial charge in [-0.05, 0) is 23.6 Å². The van der Waals surface area contributed by atoms with Crippen molar-refractivity contribution >= 4 is 34.5 Å².